The van der Waals surface area contributed by atoms with E-state index in [1.165, 1.54) is 44.9 Å². The highest BCUT2D eigenvalue weighted by molar-refractivity contribution is 5.41. The number of hydrogen-bond acceptors (Lipinski definition) is 0. The number of fused-ring (bicyclic) bond motifs is 2. The summed E-state index contributed by atoms with van der Waals surface area (Å²) in [6.07, 6.45) is 9.51. The Hall–Kier alpha value is -0.780. The number of benzene rings is 1. The van der Waals surface area contributed by atoms with Gasteiger partial charge in [-0.25, -0.2) is 0 Å². The van der Waals surface area contributed by atoms with Gasteiger partial charge in [-0.3, -0.25) is 0 Å². The summed E-state index contributed by atoms with van der Waals surface area (Å²) in [7, 11) is 0. The van der Waals surface area contributed by atoms with Gasteiger partial charge in [0.1, 0.15) is 0 Å². The van der Waals surface area contributed by atoms with Crippen molar-refractivity contribution in [1.82, 2.24) is 0 Å². The molecule has 0 spiro atoms. The first-order valence-corrected chi connectivity index (χ1v) is 6.46. The third-order valence-electron chi connectivity index (χ3n) is 4.14. The van der Waals surface area contributed by atoms with Crippen LogP contribution in [0.25, 0.3) is 0 Å². The highest BCUT2D eigenvalue weighted by atomic mass is 14.2. The van der Waals surface area contributed by atoms with Crippen LogP contribution in [0.1, 0.15) is 48.4 Å². The molecular weight excluding hydrogens is 180 g/mol. The Morgan fingerprint density at radius 2 is 1.47 bits per heavy atom. The van der Waals surface area contributed by atoms with E-state index in [0.717, 1.165) is 5.92 Å². The molecule has 15 heavy (non-hydrogen) atoms. The van der Waals surface area contributed by atoms with Crippen molar-refractivity contribution >= 4 is 0 Å². The fraction of sp³-hybridized carbons (Fsp3) is 0.600. The predicted octanol–water partition coefficient (Wildman–Crippen LogP) is 3.69. The van der Waals surface area contributed by atoms with Crippen LogP contribution in [0.5, 0.6) is 0 Å². The van der Waals surface area contributed by atoms with Gasteiger partial charge in [-0.05, 0) is 73.1 Å². The second kappa shape index (κ2) is 3.66. The highest BCUT2D eigenvalue weighted by Gasteiger charge is 2.18. The molecule has 0 unspecified atom stereocenters. The average Bonchev–Trinajstić information content (AvgIpc) is 2.26. The molecule has 2 aliphatic rings. The normalized spacial score (nSPS) is 24.5. The van der Waals surface area contributed by atoms with Gasteiger partial charge in [-0.1, -0.05) is 19.1 Å². The van der Waals surface area contributed by atoms with Crippen LogP contribution in [0, 0.1) is 5.92 Å². The molecule has 1 aromatic carbocycles. The molecule has 1 aromatic rings. The van der Waals surface area contributed by atoms with Gasteiger partial charge >= 0.3 is 0 Å². The third kappa shape index (κ3) is 1.71. The maximum atomic E-state index is 2.53. The summed E-state index contributed by atoms with van der Waals surface area (Å²) >= 11 is 0. The Morgan fingerprint density at radius 3 is 2.20 bits per heavy atom. The standard InChI is InChI=1S/C15H20/c1-11-6-7-14-9-12-4-2-3-5-13(12)10-15(14)8-11/h9-11H,2-8H2,1H3/t11-/m1/s1. The third-order valence-corrected chi connectivity index (χ3v) is 4.14. The van der Waals surface area contributed by atoms with E-state index in [4.69, 9.17) is 0 Å². The zero-order chi connectivity index (χ0) is 10.3. The van der Waals surface area contributed by atoms with E-state index in [1.807, 2.05) is 0 Å². The van der Waals surface area contributed by atoms with Crippen LogP contribution in [0.4, 0.5) is 0 Å². The molecule has 0 aliphatic heterocycles. The van der Waals surface area contributed by atoms with Crippen LogP contribution in [0.15, 0.2) is 12.1 Å². The van der Waals surface area contributed by atoms with Gasteiger partial charge in [-0.15, -0.1) is 0 Å². The van der Waals surface area contributed by atoms with Crippen molar-refractivity contribution < 1.29 is 0 Å². The first kappa shape index (κ1) is 9.45. The van der Waals surface area contributed by atoms with Gasteiger partial charge in [-0.2, -0.15) is 0 Å². The molecule has 0 fully saturated rings. The minimum absolute atomic E-state index is 0.902. The van der Waals surface area contributed by atoms with E-state index < -0.39 is 0 Å². The molecule has 0 N–H and O–H groups in total. The molecule has 0 amide bonds. The zero-order valence-electron chi connectivity index (χ0n) is 9.68. The van der Waals surface area contributed by atoms with Gasteiger partial charge in [0, 0.05) is 0 Å². The fourth-order valence-corrected chi connectivity index (χ4v) is 3.19. The Kier molecular flexibility index (Phi) is 2.31. The lowest BCUT2D eigenvalue weighted by molar-refractivity contribution is 0.499. The van der Waals surface area contributed by atoms with Crippen molar-refractivity contribution in [2.45, 2.75) is 51.9 Å². The molecule has 1 atom stereocenters. The van der Waals surface area contributed by atoms with E-state index >= 15 is 0 Å². The Labute approximate surface area is 92.7 Å². The molecule has 0 saturated carbocycles. The summed E-state index contributed by atoms with van der Waals surface area (Å²) < 4.78 is 0. The second-order valence-corrected chi connectivity index (χ2v) is 5.44. The Morgan fingerprint density at radius 1 is 0.867 bits per heavy atom. The molecule has 0 heteroatoms. The number of aryl methyl sites for hydroxylation is 3. The summed E-state index contributed by atoms with van der Waals surface area (Å²) in [5.41, 5.74) is 6.65. The lowest BCUT2D eigenvalue weighted by atomic mass is 9.80. The summed E-state index contributed by atoms with van der Waals surface area (Å²) in [4.78, 5) is 0. The number of rotatable bonds is 0. The van der Waals surface area contributed by atoms with Crippen LogP contribution in [-0.2, 0) is 25.7 Å². The van der Waals surface area contributed by atoms with E-state index in [0.29, 0.717) is 0 Å². The molecule has 0 radical (unpaired) electrons. The molecule has 3 rings (SSSR count). The zero-order valence-corrected chi connectivity index (χ0v) is 9.68. The highest BCUT2D eigenvalue weighted by Crippen LogP contribution is 2.31. The quantitative estimate of drug-likeness (QED) is 0.599. The van der Waals surface area contributed by atoms with Crippen molar-refractivity contribution in [2.24, 2.45) is 5.92 Å². The first-order chi connectivity index (χ1) is 7.33. The molecule has 0 nitrogen and oxygen atoms in total. The molecule has 0 saturated heterocycles. The van der Waals surface area contributed by atoms with Gasteiger partial charge in [0.15, 0.2) is 0 Å². The molecule has 0 aromatic heterocycles. The minimum atomic E-state index is 0.902. The van der Waals surface area contributed by atoms with Crippen molar-refractivity contribution in [1.29, 1.82) is 0 Å². The Balaban J connectivity index is 2.02. The van der Waals surface area contributed by atoms with Gasteiger partial charge < -0.3 is 0 Å². The minimum Gasteiger partial charge on any atom is -0.0622 e. The summed E-state index contributed by atoms with van der Waals surface area (Å²) in [5, 5.41) is 0. The Bertz CT molecular complexity index is 376. The summed E-state index contributed by atoms with van der Waals surface area (Å²) in [6, 6.07) is 5.05. The lowest BCUT2D eigenvalue weighted by Crippen LogP contribution is -2.14. The average molecular weight is 200 g/mol. The van der Waals surface area contributed by atoms with Crippen molar-refractivity contribution in [3.63, 3.8) is 0 Å². The fourth-order valence-electron chi connectivity index (χ4n) is 3.19. The van der Waals surface area contributed by atoms with Crippen LogP contribution < -0.4 is 0 Å². The van der Waals surface area contributed by atoms with Crippen LogP contribution in [0.3, 0.4) is 0 Å². The molecule has 0 bridgehead atoms. The van der Waals surface area contributed by atoms with Crippen molar-refractivity contribution in [2.75, 3.05) is 0 Å². The largest absolute Gasteiger partial charge is 0.0622 e. The van der Waals surface area contributed by atoms with E-state index in [-0.39, 0.29) is 0 Å². The summed E-state index contributed by atoms with van der Waals surface area (Å²) in [6.45, 7) is 2.39. The smallest absolute Gasteiger partial charge is 0.0250 e. The predicted molar refractivity (Wildman–Crippen MR) is 64.3 cm³/mol. The van der Waals surface area contributed by atoms with Crippen LogP contribution >= 0.6 is 0 Å². The van der Waals surface area contributed by atoms with Gasteiger partial charge in [0.25, 0.3) is 0 Å². The topological polar surface area (TPSA) is 0 Å². The summed E-state index contributed by atoms with van der Waals surface area (Å²) in [5.74, 6) is 0.902. The van der Waals surface area contributed by atoms with E-state index in [2.05, 4.69) is 19.1 Å². The van der Waals surface area contributed by atoms with Crippen LogP contribution in [-0.4, -0.2) is 0 Å². The van der Waals surface area contributed by atoms with Crippen LogP contribution in [0.2, 0.25) is 0 Å². The maximum absolute atomic E-state index is 2.53. The van der Waals surface area contributed by atoms with E-state index in [1.54, 1.807) is 22.3 Å². The molecular formula is C15H20. The maximum Gasteiger partial charge on any atom is -0.0250 e. The molecule has 80 valence electrons. The van der Waals surface area contributed by atoms with E-state index in [9.17, 15) is 0 Å². The lowest BCUT2D eigenvalue weighted by Gasteiger charge is -2.25. The first-order valence-electron chi connectivity index (χ1n) is 6.46. The SMILES string of the molecule is C[C@@H]1CCc2cc3c(cc2C1)CCCC3. The van der Waals surface area contributed by atoms with Gasteiger partial charge in [0.2, 0.25) is 0 Å². The second-order valence-electron chi connectivity index (χ2n) is 5.44. The number of hydrogen-bond donors (Lipinski definition) is 0. The molecule has 2 aliphatic carbocycles. The monoisotopic (exact) mass is 200 g/mol. The van der Waals surface area contributed by atoms with Crippen molar-refractivity contribution in [3.05, 3.63) is 34.4 Å². The van der Waals surface area contributed by atoms with Crippen molar-refractivity contribution in [3.8, 4) is 0 Å². The molecule has 0 heterocycles. The van der Waals surface area contributed by atoms with Gasteiger partial charge in [0.05, 0.1) is 0 Å².